The molecule has 1 aromatic carbocycles. The average Bonchev–Trinajstić information content (AvgIpc) is 2.40. The third-order valence-electron chi connectivity index (χ3n) is 2.97. The zero-order valence-corrected chi connectivity index (χ0v) is 11.0. The highest BCUT2D eigenvalue weighted by Crippen LogP contribution is 2.24. The van der Waals surface area contributed by atoms with E-state index < -0.39 is 6.10 Å². The van der Waals surface area contributed by atoms with Crippen molar-refractivity contribution in [2.24, 2.45) is 0 Å². The Bertz CT molecular complexity index is 540. The SMILES string of the molecule is CCN(c1cccc(F)c1)c1ccc(C(C)O)cn1. The van der Waals surface area contributed by atoms with Gasteiger partial charge < -0.3 is 10.0 Å². The quantitative estimate of drug-likeness (QED) is 0.915. The summed E-state index contributed by atoms with van der Waals surface area (Å²) >= 11 is 0. The summed E-state index contributed by atoms with van der Waals surface area (Å²) in [6, 6.07) is 10.1. The van der Waals surface area contributed by atoms with Crippen LogP contribution in [0.3, 0.4) is 0 Å². The number of rotatable bonds is 4. The van der Waals surface area contributed by atoms with E-state index in [-0.39, 0.29) is 5.82 Å². The molecule has 0 fully saturated rings. The molecule has 0 saturated heterocycles. The first kappa shape index (κ1) is 13.5. The molecule has 1 unspecified atom stereocenters. The molecule has 1 heterocycles. The van der Waals surface area contributed by atoms with E-state index in [1.807, 2.05) is 30.0 Å². The summed E-state index contributed by atoms with van der Waals surface area (Å²) in [6.07, 6.45) is 1.10. The van der Waals surface area contributed by atoms with Crippen LogP contribution >= 0.6 is 0 Å². The number of halogens is 1. The van der Waals surface area contributed by atoms with Gasteiger partial charge in [-0.2, -0.15) is 0 Å². The van der Waals surface area contributed by atoms with Gasteiger partial charge in [0.1, 0.15) is 11.6 Å². The van der Waals surface area contributed by atoms with Gasteiger partial charge in [-0.15, -0.1) is 0 Å². The standard InChI is InChI=1S/C15H17FN2O/c1-3-18(14-6-4-5-13(16)9-14)15-8-7-12(10-17-15)11(2)19/h4-11,19H,3H2,1-2H3. The molecule has 2 aromatic rings. The summed E-state index contributed by atoms with van der Waals surface area (Å²) in [4.78, 5) is 6.23. The first-order chi connectivity index (χ1) is 9.11. The Morgan fingerprint density at radius 2 is 2.11 bits per heavy atom. The van der Waals surface area contributed by atoms with Gasteiger partial charge in [0.15, 0.2) is 0 Å². The van der Waals surface area contributed by atoms with Gasteiger partial charge in [-0.05, 0) is 43.7 Å². The number of nitrogens with zero attached hydrogens (tertiary/aromatic N) is 2. The first-order valence-corrected chi connectivity index (χ1v) is 6.29. The largest absolute Gasteiger partial charge is 0.389 e. The van der Waals surface area contributed by atoms with Gasteiger partial charge in [0.05, 0.1) is 6.10 Å². The van der Waals surface area contributed by atoms with Gasteiger partial charge in [-0.25, -0.2) is 9.37 Å². The zero-order chi connectivity index (χ0) is 13.8. The summed E-state index contributed by atoms with van der Waals surface area (Å²) in [5.74, 6) is 0.467. The van der Waals surface area contributed by atoms with Crippen LogP contribution in [-0.4, -0.2) is 16.6 Å². The highest BCUT2D eigenvalue weighted by atomic mass is 19.1. The third-order valence-corrected chi connectivity index (χ3v) is 2.97. The fourth-order valence-corrected chi connectivity index (χ4v) is 1.93. The van der Waals surface area contributed by atoms with E-state index in [4.69, 9.17) is 0 Å². The highest BCUT2D eigenvalue weighted by molar-refractivity contribution is 5.59. The van der Waals surface area contributed by atoms with Crippen molar-refractivity contribution in [3.8, 4) is 0 Å². The third kappa shape index (κ3) is 3.09. The Labute approximate surface area is 112 Å². The fraction of sp³-hybridized carbons (Fsp3) is 0.267. The van der Waals surface area contributed by atoms with Gasteiger partial charge in [0, 0.05) is 18.4 Å². The molecule has 0 aliphatic carbocycles. The normalized spacial score (nSPS) is 12.2. The number of benzene rings is 1. The summed E-state index contributed by atoms with van der Waals surface area (Å²) < 4.78 is 13.3. The number of pyridine rings is 1. The van der Waals surface area contributed by atoms with E-state index in [1.165, 1.54) is 12.1 Å². The Hall–Kier alpha value is -1.94. The lowest BCUT2D eigenvalue weighted by molar-refractivity contribution is 0.199. The lowest BCUT2D eigenvalue weighted by atomic mass is 10.2. The van der Waals surface area contributed by atoms with Crippen LogP contribution < -0.4 is 4.90 Å². The molecule has 1 N–H and O–H groups in total. The minimum absolute atomic E-state index is 0.267. The van der Waals surface area contributed by atoms with Crippen molar-refractivity contribution in [3.05, 3.63) is 54.0 Å². The van der Waals surface area contributed by atoms with Crippen molar-refractivity contribution < 1.29 is 9.50 Å². The number of aromatic nitrogens is 1. The van der Waals surface area contributed by atoms with E-state index in [9.17, 15) is 9.50 Å². The number of hydrogen-bond donors (Lipinski definition) is 1. The molecule has 0 radical (unpaired) electrons. The molecule has 0 bridgehead atoms. The summed E-state index contributed by atoms with van der Waals surface area (Å²) in [5.41, 5.74) is 1.53. The lowest BCUT2D eigenvalue weighted by Gasteiger charge is -2.22. The summed E-state index contributed by atoms with van der Waals surface area (Å²) in [5, 5.41) is 9.46. The van der Waals surface area contributed by atoms with Crippen LogP contribution in [0.4, 0.5) is 15.9 Å². The molecule has 0 saturated carbocycles. The van der Waals surface area contributed by atoms with E-state index in [0.717, 1.165) is 17.1 Å². The van der Waals surface area contributed by atoms with Crippen molar-refractivity contribution in [1.29, 1.82) is 0 Å². The molecule has 2 rings (SSSR count). The maximum Gasteiger partial charge on any atom is 0.132 e. The van der Waals surface area contributed by atoms with Gasteiger partial charge in [0.25, 0.3) is 0 Å². The van der Waals surface area contributed by atoms with Gasteiger partial charge in [0.2, 0.25) is 0 Å². The predicted octanol–water partition coefficient (Wildman–Crippen LogP) is 3.43. The Balaban J connectivity index is 2.31. The minimum Gasteiger partial charge on any atom is -0.389 e. The molecule has 4 heteroatoms. The van der Waals surface area contributed by atoms with E-state index >= 15 is 0 Å². The molecule has 1 atom stereocenters. The van der Waals surface area contributed by atoms with Crippen molar-refractivity contribution in [2.75, 3.05) is 11.4 Å². The molecule has 19 heavy (non-hydrogen) atoms. The molecular weight excluding hydrogens is 243 g/mol. The Morgan fingerprint density at radius 3 is 2.63 bits per heavy atom. The highest BCUT2D eigenvalue weighted by Gasteiger charge is 2.10. The molecule has 0 aliphatic rings. The summed E-state index contributed by atoms with van der Waals surface area (Å²) in [6.45, 7) is 4.36. The van der Waals surface area contributed by atoms with Crippen molar-refractivity contribution in [1.82, 2.24) is 4.98 Å². The molecule has 3 nitrogen and oxygen atoms in total. The average molecular weight is 260 g/mol. The van der Waals surface area contributed by atoms with E-state index in [2.05, 4.69) is 4.98 Å². The van der Waals surface area contributed by atoms with Crippen LogP contribution in [0.15, 0.2) is 42.6 Å². The number of aliphatic hydroxyl groups is 1. The Morgan fingerprint density at radius 1 is 1.32 bits per heavy atom. The Kier molecular flexibility index (Phi) is 4.12. The second-order valence-electron chi connectivity index (χ2n) is 4.35. The maximum atomic E-state index is 13.3. The minimum atomic E-state index is -0.536. The van der Waals surface area contributed by atoms with Crippen molar-refractivity contribution >= 4 is 11.5 Å². The van der Waals surface area contributed by atoms with Crippen LogP contribution in [0.1, 0.15) is 25.5 Å². The molecule has 0 amide bonds. The van der Waals surface area contributed by atoms with Crippen LogP contribution in [0.5, 0.6) is 0 Å². The predicted molar refractivity (Wildman–Crippen MR) is 74.0 cm³/mol. The summed E-state index contributed by atoms with van der Waals surface area (Å²) in [7, 11) is 0. The second-order valence-corrected chi connectivity index (χ2v) is 4.35. The van der Waals surface area contributed by atoms with Gasteiger partial charge >= 0.3 is 0 Å². The van der Waals surface area contributed by atoms with Crippen molar-refractivity contribution in [2.45, 2.75) is 20.0 Å². The van der Waals surface area contributed by atoms with Gasteiger partial charge in [-0.1, -0.05) is 12.1 Å². The molecular formula is C15H17FN2O. The van der Waals surface area contributed by atoms with Crippen LogP contribution in [-0.2, 0) is 0 Å². The van der Waals surface area contributed by atoms with Crippen LogP contribution in [0.2, 0.25) is 0 Å². The zero-order valence-electron chi connectivity index (χ0n) is 11.0. The van der Waals surface area contributed by atoms with E-state index in [1.54, 1.807) is 19.2 Å². The van der Waals surface area contributed by atoms with Crippen LogP contribution in [0.25, 0.3) is 0 Å². The van der Waals surface area contributed by atoms with Gasteiger partial charge in [-0.3, -0.25) is 0 Å². The van der Waals surface area contributed by atoms with Crippen molar-refractivity contribution in [3.63, 3.8) is 0 Å². The smallest absolute Gasteiger partial charge is 0.132 e. The number of anilines is 2. The molecule has 0 spiro atoms. The van der Waals surface area contributed by atoms with Crippen LogP contribution in [0, 0.1) is 5.82 Å². The topological polar surface area (TPSA) is 36.4 Å². The maximum absolute atomic E-state index is 13.3. The fourth-order valence-electron chi connectivity index (χ4n) is 1.93. The lowest BCUT2D eigenvalue weighted by Crippen LogP contribution is -2.17. The number of aliphatic hydroxyl groups excluding tert-OH is 1. The molecule has 100 valence electrons. The molecule has 1 aromatic heterocycles. The monoisotopic (exact) mass is 260 g/mol. The molecule has 0 aliphatic heterocycles. The first-order valence-electron chi connectivity index (χ1n) is 6.29. The second kappa shape index (κ2) is 5.80. The number of hydrogen-bond acceptors (Lipinski definition) is 3. The van der Waals surface area contributed by atoms with E-state index in [0.29, 0.717) is 6.54 Å².